The van der Waals surface area contributed by atoms with Gasteiger partial charge in [0, 0.05) is 52.0 Å². The quantitative estimate of drug-likeness (QED) is 0.894. The number of hydrogen-bond donors (Lipinski definition) is 1. The van der Waals surface area contributed by atoms with Crippen LogP contribution in [0.2, 0.25) is 0 Å². The first kappa shape index (κ1) is 18.1. The highest BCUT2D eigenvalue weighted by molar-refractivity contribution is 5.79. The topological polar surface area (TPSA) is 58.8 Å². The lowest BCUT2D eigenvalue weighted by Gasteiger charge is -2.39. The summed E-state index contributed by atoms with van der Waals surface area (Å²) in [6, 6.07) is 3.45. The largest absolute Gasteiger partial charge is 0.381 e. The van der Waals surface area contributed by atoms with Gasteiger partial charge in [-0.3, -0.25) is 4.79 Å². The Labute approximate surface area is 146 Å². The van der Waals surface area contributed by atoms with E-state index in [-0.39, 0.29) is 23.4 Å². The molecule has 0 bridgehead atoms. The van der Waals surface area contributed by atoms with Gasteiger partial charge >= 0.3 is 0 Å². The van der Waals surface area contributed by atoms with Crippen LogP contribution < -0.4 is 10.6 Å². The molecule has 0 radical (unpaired) electrons. The van der Waals surface area contributed by atoms with E-state index in [0.29, 0.717) is 45.9 Å². The fourth-order valence-electron chi connectivity index (χ4n) is 3.74. The average molecular weight is 353 g/mol. The van der Waals surface area contributed by atoms with Crippen LogP contribution in [0.4, 0.5) is 14.5 Å². The van der Waals surface area contributed by atoms with E-state index in [9.17, 15) is 13.6 Å². The summed E-state index contributed by atoms with van der Waals surface area (Å²) in [4.78, 5) is 16.4. The lowest BCUT2D eigenvalue weighted by molar-refractivity contribution is -0.138. The van der Waals surface area contributed by atoms with Crippen molar-refractivity contribution < 1.29 is 18.3 Å². The van der Waals surface area contributed by atoms with Gasteiger partial charge in [-0.15, -0.1) is 0 Å². The maximum Gasteiger partial charge on any atom is 0.227 e. The number of hydrogen-bond acceptors (Lipinski definition) is 4. The Morgan fingerprint density at radius 1 is 1.20 bits per heavy atom. The van der Waals surface area contributed by atoms with Gasteiger partial charge in [-0.1, -0.05) is 0 Å². The second-order valence-electron chi connectivity index (χ2n) is 6.70. The van der Waals surface area contributed by atoms with Crippen molar-refractivity contribution in [2.24, 2.45) is 17.6 Å². The molecule has 1 amide bonds. The molecule has 0 aromatic heterocycles. The number of nitrogens with two attached hydrogens (primary N) is 1. The van der Waals surface area contributed by atoms with Crippen LogP contribution in [0.15, 0.2) is 18.2 Å². The molecule has 1 unspecified atom stereocenters. The van der Waals surface area contributed by atoms with Gasteiger partial charge in [0.2, 0.25) is 5.91 Å². The van der Waals surface area contributed by atoms with Crippen LogP contribution in [-0.4, -0.2) is 56.7 Å². The monoisotopic (exact) mass is 353 g/mol. The first-order valence-corrected chi connectivity index (χ1v) is 8.86. The highest BCUT2D eigenvalue weighted by Gasteiger charge is 2.33. The maximum atomic E-state index is 13.9. The van der Waals surface area contributed by atoms with Gasteiger partial charge in [0.25, 0.3) is 0 Å². The SMILES string of the molecule is NCC(C(=O)N1CCN(c2cc(F)ccc2F)CC1)C1CCOCC1. The first-order valence-electron chi connectivity index (χ1n) is 8.86. The van der Waals surface area contributed by atoms with E-state index in [1.165, 1.54) is 6.07 Å². The third-order valence-corrected chi connectivity index (χ3v) is 5.25. The number of carbonyl (C=O) groups is 1. The van der Waals surface area contributed by atoms with Gasteiger partial charge in [0.15, 0.2) is 0 Å². The number of anilines is 1. The fourth-order valence-corrected chi connectivity index (χ4v) is 3.74. The Bertz CT molecular complexity index is 600. The van der Waals surface area contributed by atoms with Crippen molar-refractivity contribution in [2.45, 2.75) is 12.8 Å². The summed E-state index contributed by atoms with van der Waals surface area (Å²) in [5, 5.41) is 0. The highest BCUT2D eigenvalue weighted by atomic mass is 19.1. The second-order valence-corrected chi connectivity index (χ2v) is 6.70. The van der Waals surface area contributed by atoms with E-state index in [1.807, 2.05) is 0 Å². The number of piperazine rings is 1. The zero-order valence-corrected chi connectivity index (χ0v) is 14.3. The standard InChI is InChI=1S/C18H25F2N3O2/c19-14-1-2-16(20)17(11-14)22-5-7-23(8-6-22)18(24)15(12-21)13-3-9-25-10-4-13/h1-2,11,13,15H,3-10,12,21H2. The number of ether oxygens (including phenoxy) is 1. The molecule has 2 saturated heterocycles. The van der Waals surface area contributed by atoms with Crippen LogP contribution in [0.3, 0.4) is 0 Å². The second kappa shape index (κ2) is 8.10. The molecule has 2 aliphatic heterocycles. The lowest BCUT2D eigenvalue weighted by atomic mass is 9.85. The lowest BCUT2D eigenvalue weighted by Crippen LogP contribution is -2.52. The smallest absolute Gasteiger partial charge is 0.227 e. The molecule has 2 N–H and O–H groups in total. The Morgan fingerprint density at radius 2 is 1.88 bits per heavy atom. The molecule has 1 atom stereocenters. The Morgan fingerprint density at radius 3 is 2.52 bits per heavy atom. The van der Waals surface area contributed by atoms with Crippen LogP contribution >= 0.6 is 0 Å². The molecular formula is C18H25F2N3O2. The molecule has 2 fully saturated rings. The first-order chi connectivity index (χ1) is 12.1. The Balaban J connectivity index is 1.61. The van der Waals surface area contributed by atoms with Crippen molar-refractivity contribution in [3.05, 3.63) is 29.8 Å². The van der Waals surface area contributed by atoms with E-state index in [0.717, 1.165) is 25.0 Å². The molecule has 0 spiro atoms. The van der Waals surface area contributed by atoms with Gasteiger partial charge in [-0.2, -0.15) is 0 Å². The third-order valence-electron chi connectivity index (χ3n) is 5.25. The minimum atomic E-state index is -0.461. The minimum Gasteiger partial charge on any atom is -0.381 e. The molecule has 3 rings (SSSR count). The zero-order valence-electron chi connectivity index (χ0n) is 14.3. The average Bonchev–Trinajstić information content (AvgIpc) is 2.65. The predicted octanol–water partition coefficient (Wildman–Crippen LogP) is 1.61. The van der Waals surface area contributed by atoms with Crippen molar-refractivity contribution in [3.8, 4) is 0 Å². The van der Waals surface area contributed by atoms with Gasteiger partial charge in [0.1, 0.15) is 11.6 Å². The summed E-state index contributed by atoms with van der Waals surface area (Å²) in [6.07, 6.45) is 1.73. The molecule has 138 valence electrons. The van der Waals surface area contributed by atoms with Gasteiger partial charge in [0.05, 0.1) is 11.6 Å². The van der Waals surface area contributed by atoms with Crippen molar-refractivity contribution in [2.75, 3.05) is 50.8 Å². The van der Waals surface area contributed by atoms with E-state index in [2.05, 4.69) is 0 Å². The van der Waals surface area contributed by atoms with Crippen molar-refractivity contribution in [3.63, 3.8) is 0 Å². The third kappa shape index (κ3) is 4.10. The molecule has 5 nitrogen and oxygen atoms in total. The summed E-state index contributed by atoms with van der Waals surface area (Å²) in [7, 11) is 0. The summed E-state index contributed by atoms with van der Waals surface area (Å²) >= 11 is 0. The molecule has 2 heterocycles. The van der Waals surface area contributed by atoms with Crippen LogP contribution in [0.25, 0.3) is 0 Å². The maximum absolute atomic E-state index is 13.9. The van der Waals surface area contributed by atoms with E-state index in [4.69, 9.17) is 10.5 Å². The number of nitrogens with zero attached hydrogens (tertiary/aromatic N) is 2. The predicted molar refractivity (Wildman–Crippen MR) is 91.2 cm³/mol. The minimum absolute atomic E-state index is 0.0776. The fraction of sp³-hybridized carbons (Fsp3) is 0.611. The normalized spacial score (nSPS) is 20.6. The van der Waals surface area contributed by atoms with E-state index in [1.54, 1.807) is 9.80 Å². The summed E-state index contributed by atoms with van der Waals surface area (Å²) in [5.74, 6) is -0.735. The molecular weight excluding hydrogens is 328 g/mol. The van der Waals surface area contributed by atoms with Crippen molar-refractivity contribution in [1.29, 1.82) is 0 Å². The van der Waals surface area contributed by atoms with E-state index < -0.39 is 11.6 Å². The number of halogens is 2. The molecule has 0 saturated carbocycles. The molecule has 1 aromatic rings. The van der Waals surface area contributed by atoms with Gasteiger partial charge < -0.3 is 20.3 Å². The van der Waals surface area contributed by atoms with Crippen LogP contribution in [0.5, 0.6) is 0 Å². The van der Waals surface area contributed by atoms with Crippen LogP contribution in [0, 0.1) is 23.5 Å². The van der Waals surface area contributed by atoms with Crippen molar-refractivity contribution >= 4 is 11.6 Å². The van der Waals surface area contributed by atoms with Crippen LogP contribution in [-0.2, 0) is 9.53 Å². The summed E-state index contributed by atoms with van der Waals surface area (Å²) in [6.45, 7) is 3.65. The summed E-state index contributed by atoms with van der Waals surface area (Å²) in [5.41, 5.74) is 6.13. The number of rotatable bonds is 4. The van der Waals surface area contributed by atoms with Crippen LogP contribution in [0.1, 0.15) is 12.8 Å². The van der Waals surface area contributed by atoms with E-state index >= 15 is 0 Å². The van der Waals surface area contributed by atoms with Crippen molar-refractivity contribution in [1.82, 2.24) is 4.90 Å². The Kier molecular flexibility index (Phi) is 5.86. The summed E-state index contributed by atoms with van der Waals surface area (Å²) < 4.78 is 32.7. The molecule has 25 heavy (non-hydrogen) atoms. The number of amides is 1. The van der Waals surface area contributed by atoms with Gasteiger partial charge in [-0.25, -0.2) is 8.78 Å². The number of benzene rings is 1. The molecule has 2 aliphatic rings. The molecule has 0 aliphatic carbocycles. The zero-order chi connectivity index (χ0) is 17.8. The Hall–Kier alpha value is -1.73. The molecule has 1 aromatic carbocycles. The number of carbonyl (C=O) groups excluding carboxylic acids is 1. The highest BCUT2D eigenvalue weighted by Crippen LogP contribution is 2.26. The molecule has 7 heteroatoms. The van der Waals surface area contributed by atoms with Gasteiger partial charge in [-0.05, 0) is 30.9 Å².